The summed E-state index contributed by atoms with van der Waals surface area (Å²) in [5, 5.41) is 202. The van der Waals surface area contributed by atoms with Crippen LogP contribution in [0.3, 0.4) is 0 Å². The number of methoxy groups -OCH3 is 1. The Balaban J connectivity index is 0.772. The molecule has 0 bridgehead atoms. The number of carboxylic acid groups (broad SMARTS) is 1. The maximum atomic E-state index is 16.0. The first-order chi connectivity index (χ1) is 51.8. The van der Waals surface area contributed by atoms with E-state index in [0.717, 1.165) is 11.6 Å². The number of carboxylic acids is 1. The normalized spacial score (nSPS) is 50.2. The van der Waals surface area contributed by atoms with Gasteiger partial charge in [0.15, 0.2) is 43.7 Å². The number of ether oxygens (including phenoxy) is 14. The number of hydrogen-bond donors (Lipinski definition) is 18. The molecular formula is C75H112O35. The quantitative estimate of drug-likeness (QED) is 0.0262. The van der Waals surface area contributed by atoms with E-state index in [9.17, 15) is 102 Å². The third-order valence-electron chi connectivity index (χ3n) is 26.9. The van der Waals surface area contributed by atoms with Gasteiger partial charge in [0, 0.05) is 11.5 Å². The summed E-state index contributed by atoms with van der Waals surface area (Å²) in [6, 6.07) is 6.71. The van der Waals surface area contributed by atoms with Crippen molar-refractivity contribution in [3.8, 4) is 5.75 Å². The van der Waals surface area contributed by atoms with Crippen LogP contribution < -0.4 is 4.74 Å². The zero-order valence-electron chi connectivity index (χ0n) is 62.9. The van der Waals surface area contributed by atoms with Gasteiger partial charge in [-0.2, -0.15) is 0 Å². The van der Waals surface area contributed by atoms with Crippen molar-refractivity contribution in [3.05, 3.63) is 47.6 Å². The van der Waals surface area contributed by atoms with E-state index in [1.807, 2.05) is 6.92 Å². The number of carbonyl (C=O) groups excluding carboxylic acids is 2. The lowest BCUT2D eigenvalue weighted by atomic mass is 9.33. The zero-order valence-corrected chi connectivity index (χ0v) is 62.9. The lowest BCUT2D eigenvalue weighted by Crippen LogP contribution is -2.71. The SMILES string of the molecule is COc1ccc(/C=C/C(=O)OC2C(C)OC(OC(=O)C34CCC(C)(C)CC3C3=CCC5C6(C)CC(O)C(OC7OC(CO)C(O)C(O)C7O)C(C)(C(=O)O)C6CCC5(C)C3(CO)CC4)C(OC3OC(C)C(OC4OCC(OC5OC(CO)C(O)C(OC6OC(C)C(O)C(O)C6O)C5O)C(O)C4O)C(O)C3O)C2O)cc1. The van der Waals surface area contributed by atoms with Crippen LogP contribution in [0.25, 0.3) is 6.08 Å². The lowest BCUT2D eigenvalue weighted by molar-refractivity contribution is -0.383. The van der Waals surface area contributed by atoms with Crippen molar-refractivity contribution >= 4 is 24.0 Å². The van der Waals surface area contributed by atoms with Crippen LogP contribution in [0.2, 0.25) is 0 Å². The second-order valence-electron chi connectivity index (χ2n) is 33.7. The fourth-order valence-corrected chi connectivity index (χ4v) is 20.4. The predicted molar refractivity (Wildman–Crippen MR) is 368 cm³/mol. The highest BCUT2D eigenvalue weighted by molar-refractivity contribution is 5.87. The standard InChI is InChI=1S/C75H112O35/c1-30-44(81)48(85)52(89)63(99-30)107-59-47(84)39(27-77)103-66(56(59)93)104-40-28-98-62(51(88)46(40)83)106-57-31(2)100-64(54(91)50(57)87)108-60-55(92)58(105-43(80)17-12-33-10-13-34(97-9)14-11-33)32(3)101-67(60)110-69(96)74-21-20-70(4,5)24-36(74)35-15-16-41-71(6)25-37(79)61(109-65-53(90)49(86)45(82)38(26-76)102-65)73(8,68(94)95)42(71)18-19-72(41,7)75(35,29-78)23-22-74/h10-15,17,30-32,36-42,44-67,76-79,81-93H,16,18-29H2,1-9H3,(H,94,95)/b17-12+. The molecule has 0 aromatic heterocycles. The molecular weight excluding hydrogens is 1460 g/mol. The smallest absolute Gasteiger partial charge is 0.331 e. The fourth-order valence-electron chi connectivity index (χ4n) is 20.4. The molecule has 5 aliphatic carbocycles. The van der Waals surface area contributed by atoms with E-state index in [-0.39, 0.29) is 38.7 Å². The molecule has 0 radical (unpaired) electrons. The molecule has 1 aromatic rings. The first-order valence-corrected chi connectivity index (χ1v) is 38.0. The molecule has 0 spiro atoms. The molecule has 622 valence electrons. The Morgan fingerprint density at radius 1 is 0.527 bits per heavy atom. The molecule has 1 aromatic carbocycles. The van der Waals surface area contributed by atoms with Crippen LogP contribution in [0.1, 0.15) is 119 Å². The highest BCUT2D eigenvalue weighted by atomic mass is 16.8. The number of aliphatic hydroxyl groups is 17. The van der Waals surface area contributed by atoms with Gasteiger partial charge in [-0.15, -0.1) is 0 Å². The number of hydrogen-bond acceptors (Lipinski definition) is 34. The number of esters is 2. The Hall–Kier alpha value is -4.21. The van der Waals surface area contributed by atoms with Crippen molar-refractivity contribution < 1.29 is 173 Å². The third kappa shape index (κ3) is 15.0. The molecule has 39 unspecified atom stereocenters. The van der Waals surface area contributed by atoms with Gasteiger partial charge in [-0.05, 0) is 143 Å². The average Bonchev–Trinajstić information content (AvgIpc) is 0.668. The summed E-state index contributed by atoms with van der Waals surface area (Å²) in [6.07, 6.45) is -46.2. The Labute approximate surface area is 635 Å². The minimum atomic E-state index is -2.11. The van der Waals surface area contributed by atoms with E-state index in [1.54, 1.807) is 24.3 Å². The van der Waals surface area contributed by atoms with Crippen LogP contribution in [0.5, 0.6) is 5.75 Å². The van der Waals surface area contributed by atoms with Crippen molar-refractivity contribution in [2.75, 3.05) is 33.5 Å². The van der Waals surface area contributed by atoms with E-state index in [2.05, 4.69) is 26.8 Å². The van der Waals surface area contributed by atoms with Crippen LogP contribution >= 0.6 is 0 Å². The summed E-state index contributed by atoms with van der Waals surface area (Å²) in [6.45, 7) is 11.2. The van der Waals surface area contributed by atoms with Gasteiger partial charge >= 0.3 is 17.9 Å². The van der Waals surface area contributed by atoms with Gasteiger partial charge in [0.05, 0.1) is 68.8 Å². The van der Waals surface area contributed by atoms with Crippen LogP contribution in [-0.2, 0) is 76.0 Å². The van der Waals surface area contributed by atoms with Crippen LogP contribution in [0.4, 0.5) is 0 Å². The van der Waals surface area contributed by atoms with Gasteiger partial charge in [0.2, 0.25) is 6.29 Å². The summed E-state index contributed by atoms with van der Waals surface area (Å²) < 4.78 is 83.1. The van der Waals surface area contributed by atoms with E-state index in [4.69, 9.17) is 66.3 Å². The van der Waals surface area contributed by atoms with Crippen molar-refractivity contribution in [2.45, 2.75) is 304 Å². The number of allylic oxidation sites excluding steroid dienone is 1. The highest BCUT2D eigenvalue weighted by Gasteiger charge is 2.74. The number of fused-ring (bicyclic) bond motifs is 7. The van der Waals surface area contributed by atoms with Crippen LogP contribution in [0, 0.1) is 50.2 Å². The number of benzene rings is 1. The van der Waals surface area contributed by atoms with Gasteiger partial charge in [0.1, 0.15) is 122 Å². The minimum Gasteiger partial charge on any atom is -0.497 e. The topological polar surface area (TPSA) is 545 Å². The molecule has 0 amide bonds. The Bertz CT molecular complexity index is 3420. The molecule has 6 heterocycles. The molecule has 110 heavy (non-hydrogen) atoms. The van der Waals surface area contributed by atoms with Crippen molar-refractivity contribution in [1.82, 2.24) is 0 Å². The highest BCUT2D eigenvalue weighted by Crippen LogP contribution is 2.76. The summed E-state index contributed by atoms with van der Waals surface area (Å²) in [4.78, 5) is 43.7. The molecule has 18 N–H and O–H groups in total. The van der Waals surface area contributed by atoms with Crippen LogP contribution in [-0.4, -0.2) is 334 Å². The Morgan fingerprint density at radius 3 is 1.73 bits per heavy atom. The van der Waals surface area contributed by atoms with Gasteiger partial charge in [-0.3, -0.25) is 9.59 Å². The molecule has 11 aliphatic rings. The van der Waals surface area contributed by atoms with Gasteiger partial charge in [-0.1, -0.05) is 51.5 Å². The predicted octanol–water partition coefficient (Wildman–Crippen LogP) is -3.38. The zero-order chi connectivity index (χ0) is 80.1. The monoisotopic (exact) mass is 1570 g/mol. The Kier molecular flexibility index (Phi) is 25.3. The Morgan fingerprint density at radius 2 is 1.09 bits per heavy atom. The first kappa shape index (κ1) is 85.2. The fraction of sp³-hybridized carbons (Fsp3) is 0.827. The molecule has 35 heteroatoms. The van der Waals surface area contributed by atoms with Crippen molar-refractivity contribution in [1.29, 1.82) is 0 Å². The number of carbonyl (C=O) groups is 3. The number of aliphatic carboxylic acids is 1. The molecule has 39 atom stereocenters. The average molecular weight is 1570 g/mol. The largest absolute Gasteiger partial charge is 0.497 e. The first-order valence-electron chi connectivity index (χ1n) is 38.0. The van der Waals surface area contributed by atoms with E-state index in [1.165, 1.54) is 40.9 Å². The minimum absolute atomic E-state index is 0.00519. The van der Waals surface area contributed by atoms with E-state index < -0.39 is 278 Å². The van der Waals surface area contributed by atoms with Crippen molar-refractivity contribution in [2.24, 2.45) is 50.2 Å². The molecule has 6 aliphatic heterocycles. The van der Waals surface area contributed by atoms with Gasteiger partial charge < -0.3 is 158 Å². The van der Waals surface area contributed by atoms with Gasteiger partial charge in [-0.25, -0.2) is 4.79 Å². The maximum Gasteiger partial charge on any atom is 0.331 e. The van der Waals surface area contributed by atoms with Crippen LogP contribution in [0.15, 0.2) is 42.0 Å². The van der Waals surface area contributed by atoms with E-state index in [0.29, 0.717) is 37.0 Å². The maximum absolute atomic E-state index is 16.0. The molecule has 10 fully saturated rings. The molecule has 4 saturated carbocycles. The molecule has 35 nitrogen and oxygen atoms in total. The lowest BCUT2D eigenvalue weighted by Gasteiger charge is -2.71. The van der Waals surface area contributed by atoms with E-state index >= 15 is 4.79 Å². The summed E-state index contributed by atoms with van der Waals surface area (Å²) >= 11 is 0. The second-order valence-corrected chi connectivity index (χ2v) is 33.7. The van der Waals surface area contributed by atoms with Crippen molar-refractivity contribution in [3.63, 3.8) is 0 Å². The van der Waals surface area contributed by atoms with Gasteiger partial charge in [0.25, 0.3) is 0 Å². The third-order valence-corrected chi connectivity index (χ3v) is 26.9. The molecule has 12 rings (SSSR count). The second kappa shape index (κ2) is 32.7. The number of rotatable bonds is 20. The summed E-state index contributed by atoms with van der Waals surface area (Å²) in [7, 11) is 1.50. The summed E-state index contributed by atoms with van der Waals surface area (Å²) in [5.74, 6) is -4.18. The summed E-state index contributed by atoms with van der Waals surface area (Å²) in [5.41, 5.74) is -5.03. The molecule has 6 saturated heterocycles. The number of aliphatic hydroxyl groups excluding tert-OH is 17.